The number of likely N-dealkylation sites (tertiary alicyclic amines) is 1. The molecule has 1 saturated heterocycles. The van der Waals surface area contributed by atoms with Crippen LogP contribution in [-0.2, 0) is 4.79 Å². The molecule has 9 heteroatoms. The molecule has 1 unspecified atom stereocenters. The molecule has 1 atom stereocenters. The first-order valence-corrected chi connectivity index (χ1v) is 11.0. The maximum Gasteiger partial charge on any atom is 0.226 e. The normalized spacial score (nSPS) is 16.8. The minimum absolute atomic E-state index is 0.0714. The van der Waals surface area contributed by atoms with E-state index in [1.165, 1.54) is 0 Å². The van der Waals surface area contributed by atoms with Crippen molar-refractivity contribution in [2.75, 3.05) is 39.0 Å². The topological polar surface area (TPSA) is 92.3 Å². The summed E-state index contributed by atoms with van der Waals surface area (Å²) < 4.78 is 7.47. The third kappa shape index (κ3) is 5.05. The number of nitrogens with one attached hydrogen (secondary N) is 1. The lowest BCUT2D eigenvalue weighted by atomic mass is 10.2. The first-order valence-electron chi connectivity index (χ1n) is 11.0. The number of carbonyl (C=O) groups is 1. The Balaban J connectivity index is 1.51. The predicted octanol–water partition coefficient (Wildman–Crippen LogP) is 2.81. The number of anilines is 1. The lowest BCUT2D eigenvalue weighted by Gasteiger charge is -2.20. The summed E-state index contributed by atoms with van der Waals surface area (Å²) in [6.07, 6.45) is 1.55. The van der Waals surface area contributed by atoms with Crippen LogP contribution in [0.5, 0.6) is 0 Å². The van der Waals surface area contributed by atoms with E-state index in [1.54, 1.807) is 10.7 Å². The van der Waals surface area contributed by atoms with Crippen molar-refractivity contribution in [3.05, 3.63) is 41.4 Å². The summed E-state index contributed by atoms with van der Waals surface area (Å²) in [5, 5.41) is 7.47. The number of aryl methyl sites for hydroxylation is 3. The number of aromatic nitrogens is 4. The van der Waals surface area contributed by atoms with Gasteiger partial charge in [0.05, 0.1) is 5.69 Å². The zero-order valence-electron chi connectivity index (χ0n) is 19.4. The van der Waals surface area contributed by atoms with E-state index < -0.39 is 0 Å². The van der Waals surface area contributed by atoms with Gasteiger partial charge in [-0.05, 0) is 66.0 Å². The molecule has 0 radical (unpaired) electrons. The molecule has 1 aliphatic heterocycles. The Morgan fingerprint density at radius 2 is 2.03 bits per heavy atom. The molecule has 170 valence electrons. The number of likely N-dealkylation sites (N-methyl/N-ethyl adjacent to an activating group) is 1. The second kappa shape index (κ2) is 9.22. The van der Waals surface area contributed by atoms with Crippen LogP contribution >= 0.6 is 0 Å². The smallest absolute Gasteiger partial charge is 0.226 e. The first kappa shape index (κ1) is 22.2. The van der Waals surface area contributed by atoms with Crippen LogP contribution in [0.25, 0.3) is 17.4 Å². The van der Waals surface area contributed by atoms with Crippen molar-refractivity contribution in [3.8, 4) is 17.4 Å². The standard InChI is InChI=1S/C23H31N7O2/c1-15-12-16(2)30(27-15)21-13-20(25-23(26-21)19-7-6-17(3)32-19)24-22(31)9-11-29-10-8-18(14-29)28(4)5/h6-7,12-13,18H,8-11,14H2,1-5H3,(H,24,25,26,31). The SMILES string of the molecule is Cc1cc(C)n(-c2cc(NC(=O)CCN3CCC(N(C)C)C3)nc(-c3ccc(C)o3)n2)n1. The zero-order valence-corrected chi connectivity index (χ0v) is 19.4. The Morgan fingerprint density at radius 3 is 2.66 bits per heavy atom. The lowest BCUT2D eigenvalue weighted by Crippen LogP contribution is -2.32. The molecule has 3 aromatic heterocycles. The van der Waals surface area contributed by atoms with E-state index in [0.29, 0.717) is 35.7 Å². The minimum Gasteiger partial charge on any atom is -0.458 e. The third-order valence-corrected chi connectivity index (χ3v) is 5.80. The largest absolute Gasteiger partial charge is 0.458 e. The van der Waals surface area contributed by atoms with Crippen LogP contribution in [0.2, 0.25) is 0 Å². The van der Waals surface area contributed by atoms with Gasteiger partial charge >= 0.3 is 0 Å². The Hall–Kier alpha value is -3.04. The molecular formula is C23H31N7O2. The van der Waals surface area contributed by atoms with Gasteiger partial charge in [0.15, 0.2) is 17.4 Å². The molecule has 3 aromatic rings. The second-order valence-electron chi connectivity index (χ2n) is 8.69. The summed E-state index contributed by atoms with van der Waals surface area (Å²) >= 11 is 0. The Morgan fingerprint density at radius 1 is 1.22 bits per heavy atom. The summed E-state index contributed by atoms with van der Waals surface area (Å²) in [4.78, 5) is 26.5. The fourth-order valence-electron chi connectivity index (χ4n) is 4.03. The maximum absolute atomic E-state index is 12.7. The number of amides is 1. The van der Waals surface area contributed by atoms with Crippen LogP contribution < -0.4 is 5.32 Å². The Bertz CT molecular complexity index is 1100. The summed E-state index contributed by atoms with van der Waals surface area (Å²) in [7, 11) is 4.21. The molecule has 4 heterocycles. The summed E-state index contributed by atoms with van der Waals surface area (Å²) in [6.45, 7) is 8.52. The highest BCUT2D eigenvalue weighted by Gasteiger charge is 2.24. The summed E-state index contributed by atoms with van der Waals surface area (Å²) in [5.74, 6) is 2.67. The monoisotopic (exact) mass is 437 g/mol. The molecule has 0 aromatic carbocycles. The highest BCUT2D eigenvalue weighted by Crippen LogP contribution is 2.23. The van der Waals surface area contributed by atoms with Gasteiger partial charge in [0, 0.05) is 37.3 Å². The first-order chi connectivity index (χ1) is 15.3. The van der Waals surface area contributed by atoms with Crippen molar-refractivity contribution in [3.63, 3.8) is 0 Å². The lowest BCUT2D eigenvalue weighted by molar-refractivity contribution is -0.116. The van der Waals surface area contributed by atoms with Crippen molar-refractivity contribution in [1.29, 1.82) is 0 Å². The molecule has 1 amide bonds. The highest BCUT2D eigenvalue weighted by atomic mass is 16.3. The van der Waals surface area contributed by atoms with Gasteiger partial charge in [-0.25, -0.2) is 14.6 Å². The van der Waals surface area contributed by atoms with E-state index in [1.807, 2.05) is 39.0 Å². The average molecular weight is 438 g/mol. The summed E-state index contributed by atoms with van der Waals surface area (Å²) in [5.41, 5.74) is 1.84. The van der Waals surface area contributed by atoms with Gasteiger partial charge in [-0.2, -0.15) is 5.10 Å². The van der Waals surface area contributed by atoms with E-state index in [4.69, 9.17) is 4.42 Å². The molecule has 0 bridgehead atoms. The molecule has 0 aliphatic carbocycles. The van der Waals surface area contributed by atoms with Crippen LogP contribution in [0.3, 0.4) is 0 Å². The van der Waals surface area contributed by atoms with Crippen molar-refractivity contribution in [2.24, 2.45) is 0 Å². The number of rotatable bonds is 7. The van der Waals surface area contributed by atoms with Gasteiger partial charge in [0.1, 0.15) is 11.6 Å². The van der Waals surface area contributed by atoms with E-state index >= 15 is 0 Å². The number of hydrogen-bond acceptors (Lipinski definition) is 7. The molecular weight excluding hydrogens is 406 g/mol. The molecule has 32 heavy (non-hydrogen) atoms. The predicted molar refractivity (Wildman–Crippen MR) is 123 cm³/mol. The minimum atomic E-state index is -0.0714. The Labute approximate surface area is 188 Å². The molecule has 1 aliphatic rings. The van der Waals surface area contributed by atoms with Crippen LogP contribution in [0.1, 0.15) is 30.0 Å². The van der Waals surface area contributed by atoms with Gasteiger partial charge in [0.2, 0.25) is 5.91 Å². The van der Waals surface area contributed by atoms with Gasteiger partial charge in [-0.15, -0.1) is 0 Å². The fourth-order valence-corrected chi connectivity index (χ4v) is 4.03. The average Bonchev–Trinajstić information content (AvgIpc) is 3.46. The molecule has 0 saturated carbocycles. The number of furan rings is 1. The Kier molecular flexibility index (Phi) is 6.38. The van der Waals surface area contributed by atoms with Gasteiger partial charge < -0.3 is 19.5 Å². The van der Waals surface area contributed by atoms with E-state index in [2.05, 4.69) is 44.3 Å². The molecule has 1 N–H and O–H groups in total. The van der Waals surface area contributed by atoms with Crippen LogP contribution in [0.15, 0.2) is 28.7 Å². The van der Waals surface area contributed by atoms with Crippen molar-refractivity contribution in [1.82, 2.24) is 29.5 Å². The van der Waals surface area contributed by atoms with Crippen molar-refractivity contribution >= 4 is 11.7 Å². The van der Waals surface area contributed by atoms with Crippen molar-refractivity contribution in [2.45, 2.75) is 39.7 Å². The number of hydrogen-bond donors (Lipinski definition) is 1. The van der Waals surface area contributed by atoms with Crippen molar-refractivity contribution < 1.29 is 9.21 Å². The van der Waals surface area contributed by atoms with Crippen LogP contribution in [0, 0.1) is 20.8 Å². The van der Waals surface area contributed by atoms with Gasteiger partial charge in [0.25, 0.3) is 0 Å². The zero-order chi connectivity index (χ0) is 22.8. The molecule has 1 fully saturated rings. The number of carbonyl (C=O) groups excluding carboxylic acids is 1. The van der Waals surface area contributed by atoms with Crippen LogP contribution in [0.4, 0.5) is 5.82 Å². The van der Waals surface area contributed by atoms with E-state index in [9.17, 15) is 4.79 Å². The van der Waals surface area contributed by atoms with Gasteiger partial charge in [-0.1, -0.05) is 0 Å². The molecule has 9 nitrogen and oxygen atoms in total. The second-order valence-corrected chi connectivity index (χ2v) is 8.69. The maximum atomic E-state index is 12.7. The fraction of sp³-hybridized carbons (Fsp3) is 0.478. The summed E-state index contributed by atoms with van der Waals surface area (Å²) in [6, 6.07) is 7.98. The number of nitrogens with zero attached hydrogens (tertiary/aromatic N) is 6. The van der Waals surface area contributed by atoms with E-state index in [-0.39, 0.29) is 5.91 Å². The van der Waals surface area contributed by atoms with Crippen LogP contribution in [-0.4, -0.2) is 75.2 Å². The molecule has 0 spiro atoms. The highest BCUT2D eigenvalue weighted by molar-refractivity contribution is 5.90. The quantitative estimate of drug-likeness (QED) is 0.608. The third-order valence-electron chi connectivity index (χ3n) is 5.80. The molecule has 4 rings (SSSR count). The van der Waals surface area contributed by atoms with E-state index in [0.717, 1.165) is 43.2 Å². The van der Waals surface area contributed by atoms with Gasteiger partial charge in [-0.3, -0.25) is 4.79 Å².